The van der Waals surface area contributed by atoms with Gasteiger partial charge in [-0.15, -0.1) is 0 Å². The summed E-state index contributed by atoms with van der Waals surface area (Å²) in [5.41, 5.74) is 4.90. The van der Waals surface area contributed by atoms with Crippen LogP contribution in [0.25, 0.3) is 0 Å². The van der Waals surface area contributed by atoms with Crippen molar-refractivity contribution in [3.05, 3.63) is 93.7 Å². The Morgan fingerprint density at radius 2 is 1.79 bits per heavy atom. The van der Waals surface area contributed by atoms with Crippen LogP contribution in [0.5, 0.6) is 0 Å². The minimum Gasteiger partial charge on any atom is -0.457 e. The summed E-state index contributed by atoms with van der Waals surface area (Å²) in [4.78, 5) is 32.8. The number of amidine groups is 1. The van der Waals surface area contributed by atoms with Crippen molar-refractivity contribution in [3.8, 4) is 0 Å². The average Bonchev–Trinajstić information content (AvgIpc) is 3.19. The SMILES string of the molecule is CC1=C(C(=O)OCc2ccccc2)C(c2ccccc2C)N2C(CC(=O)NC(C)C)=CSC2=N1. The van der Waals surface area contributed by atoms with Gasteiger partial charge in [-0.2, -0.15) is 0 Å². The standard InChI is InChI=1S/C27H29N3O3S/c1-17(2)28-23(31)14-21-16-34-27-29-19(4)24(26(32)33-15-20-11-6-5-7-12-20)25(30(21)27)22-13-9-8-10-18(22)3/h5-13,16-17,25H,14-15H2,1-4H3,(H,28,31). The molecule has 1 N–H and O–H groups in total. The molecule has 1 atom stereocenters. The number of rotatable bonds is 7. The quantitative estimate of drug-likeness (QED) is 0.556. The first-order chi connectivity index (χ1) is 16.3. The predicted octanol–water partition coefficient (Wildman–Crippen LogP) is 5.23. The molecule has 0 radical (unpaired) electrons. The van der Waals surface area contributed by atoms with Crippen LogP contribution in [-0.4, -0.2) is 28.0 Å². The van der Waals surface area contributed by atoms with E-state index in [2.05, 4.69) is 5.32 Å². The number of fused-ring (bicyclic) bond motifs is 1. The molecule has 1 amide bonds. The number of aliphatic imine (C=N–C) groups is 1. The third-order valence-corrected chi connectivity index (χ3v) is 6.60. The molecule has 0 aromatic heterocycles. The van der Waals surface area contributed by atoms with Crippen molar-refractivity contribution in [2.75, 3.05) is 0 Å². The number of nitrogens with one attached hydrogen (secondary N) is 1. The number of nitrogens with zero attached hydrogens (tertiary/aromatic N) is 2. The summed E-state index contributed by atoms with van der Waals surface area (Å²) < 4.78 is 5.75. The molecular weight excluding hydrogens is 446 g/mol. The fraction of sp³-hybridized carbons (Fsp3) is 0.296. The number of carbonyl (C=O) groups excluding carboxylic acids is 2. The number of benzene rings is 2. The monoisotopic (exact) mass is 475 g/mol. The largest absolute Gasteiger partial charge is 0.457 e. The van der Waals surface area contributed by atoms with E-state index in [1.54, 1.807) is 0 Å². The summed E-state index contributed by atoms with van der Waals surface area (Å²) >= 11 is 1.47. The predicted molar refractivity (Wildman–Crippen MR) is 136 cm³/mol. The van der Waals surface area contributed by atoms with Crippen LogP contribution < -0.4 is 5.32 Å². The van der Waals surface area contributed by atoms with Gasteiger partial charge in [0.05, 0.1) is 23.7 Å². The highest BCUT2D eigenvalue weighted by Crippen LogP contribution is 2.45. The highest BCUT2D eigenvalue weighted by Gasteiger charge is 2.41. The van der Waals surface area contributed by atoms with Gasteiger partial charge < -0.3 is 15.0 Å². The van der Waals surface area contributed by atoms with Crippen LogP contribution in [0.15, 0.2) is 82.0 Å². The van der Waals surface area contributed by atoms with E-state index in [1.165, 1.54) is 11.8 Å². The van der Waals surface area contributed by atoms with Crippen molar-refractivity contribution in [2.45, 2.75) is 52.8 Å². The lowest BCUT2D eigenvalue weighted by molar-refractivity contribution is -0.141. The van der Waals surface area contributed by atoms with Crippen molar-refractivity contribution in [1.29, 1.82) is 0 Å². The van der Waals surface area contributed by atoms with E-state index in [-0.39, 0.29) is 25.0 Å². The maximum Gasteiger partial charge on any atom is 0.338 e. The number of carbonyl (C=O) groups is 2. The van der Waals surface area contributed by atoms with Crippen molar-refractivity contribution in [3.63, 3.8) is 0 Å². The highest BCUT2D eigenvalue weighted by molar-refractivity contribution is 8.16. The molecule has 0 spiro atoms. The maximum atomic E-state index is 13.5. The van der Waals surface area contributed by atoms with Crippen LogP contribution in [0.2, 0.25) is 0 Å². The summed E-state index contributed by atoms with van der Waals surface area (Å²) in [6.45, 7) is 7.93. The van der Waals surface area contributed by atoms with E-state index < -0.39 is 12.0 Å². The van der Waals surface area contributed by atoms with Crippen molar-refractivity contribution < 1.29 is 14.3 Å². The second kappa shape index (κ2) is 10.3. The van der Waals surface area contributed by atoms with Crippen LogP contribution in [-0.2, 0) is 20.9 Å². The molecule has 0 bridgehead atoms. The lowest BCUT2D eigenvalue weighted by Gasteiger charge is -2.37. The number of amides is 1. The van der Waals surface area contributed by atoms with Crippen LogP contribution in [0.4, 0.5) is 0 Å². The first-order valence-electron chi connectivity index (χ1n) is 11.4. The third-order valence-electron chi connectivity index (χ3n) is 5.71. The van der Waals surface area contributed by atoms with Crippen molar-refractivity contribution in [1.82, 2.24) is 10.2 Å². The van der Waals surface area contributed by atoms with Crippen LogP contribution >= 0.6 is 11.8 Å². The Morgan fingerprint density at radius 3 is 2.50 bits per heavy atom. The van der Waals surface area contributed by atoms with E-state index in [4.69, 9.17) is 9.73 Å². The summed E-state index contributed by atoms with van der Waals surface area (Å²) in [7, 11) is 0. The van der Waals surface area contributed by atoms with E-state index in [0.717, 1.165) is 27.6 Å². The van der Waals surface area contributed by atoms with Crippen molar-refractivity contribution in [2.24, 2.45) is 4.99 Å². The molecule has 2 aliphatic heterocycles. The van der Waals surface area contributed by atoms with Gasteiger partial charge in [0, 0.05) is 11.7 Å². The molecule has 2 aromatic carbocycles. The Morgan fingerprint density at radius 1 is 1.09 bits per heavy atom. The minimum absolute atomic E-state index is 0.0504. The summed E-state index contributed by atoms with van der Waals surface area (Å²) in [6, 6.07) is 17.2. The van der Waals surface area contributed by atoms with Gasteiger partial charge in [0.25, 0.3) is 0 Å². The fourth-order valence-electron chi connectivity index (χ4n) is 4.16. The molecule has 176 valence electrons. The molecule has 0 aliphatic carbocycles. The second-order valence-electron chi connectivity index (χ2n) is 8.71. The molecule has 0 fully saturated rings. The Bertz CT molecular complexity index is 1180. The summed E-state index contributed by atoms with van der Waals surface area (Å²) in [5.74, 6) is -0.466. The van der Waals surface area contributed by atoms with E-state index >= 15 is 0 Å². The summed E-state index contributed by atoms with van der Waals surface area (Å²) in [6.07, 6.45) is 0.206. The molecular formula is C27H29N3O3S. The number of hydrogen-bond acceptors (Lipinski definition) is 6. The molecule has 0 saturated heterocycles. The van der Waals surface area contributed by atoms with Gasteiger partial charge >= 0.3 is 5.97 Å². The zero-order valence-electron chi connectivity index (χ0n) is 19.9. The highest BCUT2D eigenvalue weighted by atomic mass is 32.2. The van der Waals surface area contributed by atoms with Crippen LogP contribution in [0.1, 0.15) is 49.9 Å². The number of ether oxygens (including phenoxy) is 1. The van der Waals surface area contributed by atoms with Crippen molar-refractivity contribution >= 4 is 28.8 Å². The number of allylic oxidation sites excluding steroid dienone is 1. The minimum atomic E-state index is -0.426. The van der Waals surface area contributed by atoms with Gasteiger partial charge in [-0.1, -0.05) is 66.4 Å². The normalized spacial score (nSPS) is 17.3. The molecule has 2 heterocycles. The van der Waals surface area contributed by atoms with Gasteiger partial charge in [0.2, 0.25) is 5.91 Å². The zero-order valence-corrected chi connectivity index (χ0v) is 20.7. The van der Waals surface area contributed by atoms with Gasteiger partial charge in [-0.25, -0.2) is 9.79 Å². The van der Waals surface area contributed by atoms with Crippen LogP contribution in [0, 0.1) is 6.92 Å². The molecule has 34 heavy (non-hydrogen) atoms. The average molecular weight is 476 g/mol. The zero-order chi connectivity index (χ0) is 24.2. The first kappa shape index (κ1) is 23.8. The van der Waals surface area contributed by atoms with Crippen LogP contribution in [0.3, 0.4) is 0 Å². The molecule has 2 aliphatic rings. The Labute approximate surface area is 204 Å². The van der Waals surface area contributed by atoms with Gasteiger partial charge in [-0.3, -0.25) is 4.79 Å². The number of aryl methyl sites for hydroxylation is 1. The maximum absolute atomic E-state index is 13.5. The second-order valence-corrected chi connectivity index (χ2v) is 9.55. The molecule has 2 aromatic rings. The lowest BCUT2D eigenvalue weighted by atomic mass is 9.91. The molecule has 7 heteroatoms. The van der Waals surface area contributed by atoms with E-state index in [9.17, 15) is 9.59 Å². The third kappa shape index (κ3) is 5.09. The topological polar surface area (TPSA) is 71.0 Å². The Balaban J connectivity index is 1.69. The van der Waals surface area contributed by atoms with E-state index in [1.807, 2.05) is 92.6 Å². The Hall–Kier alpha value is -3.32. The fourth-order valence-corrected chi connectivity index (χ4v) is 5.12. The lowest BCUT2D eigenvalue weighted by Crippen LogP contribution is -2.39. The van der Waals surface area contributed by atoms with E-state index in [0.29, 0.717) is 11.3 Å². The molecule has 0 saturated carbocycles. The van der Waals surface area contributed by atoms with Gasteiger partial charge in [-0.05, 0) is 49.8 Å². The smallest absolute Gasteiger partial charge is 0.338 e. The van der Waals surface area contributed by atoms with Gasteiger partial charge in [0.1, 0.15) is 6.61 Å². The molecule has 6 nitrogen and oxygen atoms in total. The number of thioether (sulfide) groups is 1. The summed E-state index contributed by atoms with van der Waals surface area (Å²) in [5, 5.41) is 5.67. The molecule has 1 unspecified atom stereocenters. The first-order valence-corrected chi connectivity index (χ1v) is 12.2. The molecule has 4 rings (SSSR count). The van der Waals surface area contributed by atoms with Gasteiger partial charge in [0.15, 0.2) is 5.17 Å². The number of esters is 1. The Kier molecular flexibility index (Phi) is 7.22. The number of hydrogen-bond donors (Lipinski definition) is 1.